The van der Waals surface area contributed by atoms with Crippen molar-refractivity contribution in [2.45, 2.75) is 19.4 Å². The van der Waals surface area contributed by atoms with Crippen molar-refractivity contribution >= 4 is 11.9 Å². The van der Waals surface area contributed by atoms with Crippen LogP contribution in [0.5, 0.6) is 0 Å². The van der Waals surface area contributed by atoms with Crippen LogP contribution in [0.3, 0.4) is 0 Å². The van der Waals surface area contributed by atoms with Gasteiger partial charge in [-0.25, -0.2) is 0 Å². The Kier molecular flexibility index (Phi) is 3.68. The summed E-state index contributed by atoms with van der Waals surface area (Å²) in [6, 6.07) is -0.516. The van der Waals surface area contributed by atoms with Crippen LogP contribution in [-0.4, -0.2) is 60.0 Å². The summed E-state index contributed by atoms with van der Waals surface area (Å²) in [4.78, 5) is 26.0. The van der Waals surface area contributed by atoms with Crippen LogP contribution in [0, 0.1) is 5.92 Å². The fraction of sp³-hybridized carbons (Fsp3) is 0.800. The van der Waals surface area contributed by atoms with Gasteiger partial charge in [-0.2, -0.15) is 0 Å². The number of rotatable bonds is 2. The summed E-state index contributed by atoms with van der Waals surface area (Å²) in [5.74, 6) is -0.643. The molecule has 0 aromatic carbocycles. The Bertz CT molecular complexity index is 267. The number of nitrogens with zero attached hydrogens (tertiary/aromatic N) is 2. The van der Waals surface area contributed by atoms with E-state index in [1.165, 1.54) is 0 Å². The summed E-state index contributed by atoms with van der Waals surface area (Å²) >= 11 is 0. The van der Waals surface area contributed by atoms with E-state index in [0.29, 0.717) is 12.5 Å². The molecule has 0 aliphatic carbocycles. The van der Waals surface area contributed by atoms with E-state index in [4.69, 9.17) is 5.11 Å². The Morgan fingerprint density at radius 1 is 1.47 bits per heavy atom. The molecule has 5 nitrogen and oxygen atoms in total. The smallest absolute Gasteiger partial charge is 0.305 e. The van der Waals surface area contributed by atoms with Crippen molar-refractivity contribution in [2.75, 3.05) is 27.2 Å². The van der Waals surface area contributed by atoms with E-state index >= 15 is 0 Å². The molecule has 0 aromatic heterocycles. The van der Waals surface area contributed by atoms with Crippen LogP contribution in [0.1, 0.15) is 13.3 Å². The maximum atomic E-state index is 11.9. The number of carbonyl (C=O) groups is 2. The molecule has 5 heteroatoms. The van der Waals surface area contributed by atoms with Crippen LogP contribution in [0.4, 0.5) is 0 Å². The van der Waals surface area contributed by atoms with E-state index in [0.717, 1.165) is 6.54 Å². The third kappa shape index (κ3) is 2.92. The average Bonchev–Trinajstić information content (AvgIpc) is 2.18. The first kappa shape index (κ1) is 12.0. The van der Waals surface area contributed by atoms with E-state index in [1.54, 1.807) is 19.0 Å². The highest BCUT2D eigenvalue weighted by atomic mass is 16.4. The third-order valence-corrected chi connectivity index (χ3v) is 2.75. The van der Waals surface area contributed by atoms with Gasteiger partial charge in [-0.3, -0.25) is 14.5 Å². The summed E-state index contributed by atoms with van der Waals surface area (Å²) in [5, 5.41) is 8.75. The van der Waals surface area contributed by atoms with Gasteiger partial charge in [0.25, 0.3) is 0 Å². The maximum absolute atomic E-state index is 11.9. The molecule has 1 heterocycles. The number of likely N-dealkylation sites (N-methyl/N-ethyl adjacent to an activating group) is 2. The third-order valence-electron chi connectivity index (χ3n) is 2.75. The molecule has 1 saturated heterocycles. The summed E-state index contributed by atoms with van der Waals surface area (Å²) in [5.41, 5.74) is 0. The minimum absolute atomic E-state index is 0.0933. The standard InChI is InChI=1S/C10H18N2O3/c1-7-5-11(2)8(4-9(13)14)10(15)12(3)6-7/h7-8H,4-6H2,1-3H3,(H,13,14). The van der Waals surface area contributed by atoms with Crippen LogP contribution < -0.4 is 0 Å². The minimum Gasteiger partial charge on any atom is -0.481 e. The first-order chi connectivity index (χ1) is 6.91. The number of amides is 1. The van der Waals surface area contributed by atoms with Crippen molar-refractivity contribution in [2.24, 2.45) is 5.92 Å². The predicted molar refractivity (Wildman–Crippen MR) is 55.5 cm³/mol. The van der Waals surface area contributed by atoms with Gasteiger partial charge < -0.3 is 10.0 Å². The number of hydrogen-bond donors (Lipinski definition) is 1. The Morgan fingerprint density at radius 2 is 2.07 bits per heavy atom. The summed E-state index contributed by atoms with van der Waals surface area (Å²) < 4.78 is 0. The normalized spacial score (nSPS) is 29.0. The van der Waals surface area contributed by atoms with Gasteiger partial charge in [0.05, 0.1) is 12.5 Å². The second-order valence-electron chi connectivity index (χ2n) is 4.38. The summed E-state index contributed by atoms with van der Waals surface area (Å²) in [6.07, 6.45) is -0.119. The molecular weight excluding hydrogens is 196 g/mol. The van der Waals surface area contributed by atoms with Crippen molar-refractivity contribution in [1.29, 1.82) is 0 Å². The second kappa shape index (κ2) is 4.61. The Balaban J connectivity index is 2.80. The van der Waals surface area contributed by atoms with E-state index in [1.807, 2.05) is 4.90 Å². The topological polar surface area (TPSA) is 60.9 Å². The zero-order chi connectivity index (χ0) is 11.6. The molecule has 2 unspecified atom stereocenters. The van der Waals surface area contributed by atoms with E-state index < -0.39 is 12.0 Å². The molecule has 0 bridgehead atoms. The van der Waals surface area contributed by atoms with Crippen LogP contribution in [0.2, 0.25) is 0 Å². The Hall–Kier alpha value is -1.10. The molecule has 1 amide bonds. The molecule has 0 aromatic rings. The minimum atomic E-state index is -0.928. The Morgan fingerprint density at radius 3 is 2.60 bits per heavy atom. The fourth-order valence-electron chi connectivity index (χ4n) is 2.09. The van der Waals surface area contributed by atoms with Crippen LogP contribution in [0.25, 0.3) is 0 Å². The predicted octanol–water partition coefficient (Wildman–Crippen LogP) is -0.130. The highest BCUT2D eigenvalue weighted by Gasteiger charge is 2.32. The molecule has 0 spiro atoms. The number of hydrogen-bond acceptors (Lipinski definition) is 3. The van der Waals surface area contributed by atoms with Gasteiger partial charge >= 0.3 is 5.97 Å². The summed E-state index contributed by atoms with van der Waals surface area (Å²) in [7, 11) is 3.54. The number of aliphatic carboxylic acids is 1. The molecule has 1 aliphatic rings. The van der Waals surface area contributed by atoms with Crippen molar-refractivity contribution in [3.8, 4) is 0 Å². The monoisotopic (exact) mass is 214 g/mol. The lowest BCUT2D eigenvalue weighted by Crippen LogP contribution is -2.44. The van der Waals surface area contributed by atoms with Crippen LogP contribution in [-0.2, 0) is 9.59 Å². The molecule has 0 radical (unpaired) electrons. The van der Waals surface area contributed by atoms with Crippen molar-refractivity contribution in [3.05, 3.63) is 0 Å². The molecule has 15 heavy (non-hydrogen) atoms. The van der Waals surface area contributed by atoms with Gasteiger partial charge in [-0.15, -0.1) is 0 Å². The van der Waals surface area contributed by atoms with Gasteiger partial charge in [0, 0.05) is 20.1 Å². The zero-order valence-electron chi connectivity index (χ0n) is 9.43. The maximum Gasteiger partial charge on any atom is 0.305 e. The van der Waals surface area contributed by atoms with Crippen LogP contribution in [0.15, 0.2) is 0 Å². The van der Waals surface area contributed by atoms with Gasteiger partial charge in [0.1, 0.15) is 0 Å². The lowest BCUT2D eigenvalue weighted by molar-refractivity contribution is -0.143. The average molecular weight is 214 g/mol. The lowest BCUT2D eigenvalue weighted by atomic mass is 10.1. The molecule has 2 atom stereocenters. The number of carbonyl (C=O) groups excluding carboxylic acids is 1. The zero-order valence-corrected chi connectivity index (χ0v) is 9.43. The molecular formula is C10H18N2O3. The number of carboxylic acid groups (broad SMARTS) is 1. The van der Waals surface area contributed by atoms with Crippen molar-refractivity contribution in [1.82, 2.24) is 9.80 Å². The first-order valence-corrected chi connectivity index (χ1v) is 5.08. The molecule has 1 fully saturated rings. The van der Waals surface area contributed by atoms with Gasteiger partial charge in [0.15, 0.2) is 0 Å². The molecule has 1 rings (SSSR count). The van der Waals surface area contributed by atoms with E-state index in [9.17, 15) is 9.59 Å². The SMILES string of the molecule is CC1CN(C)C(=O)C(CC(=O)O)N(C)C1. The second-order valence-corrected chi connectivity index (χ2v) is 4.38. The van der Waals surface area contributed by atoms with Gasteiger partial charge in [-0.1, -0.05) is 6.92 Å². The van der Waals surface area contributed by atoms with Gasteiger partial charge in [-0.05, 0) is 13.0 Å². The fourth-order valence-corrected chi connectivity index (χ4v) is 2.09. The highest BCUT2D eigenvalue weighted by Crippen LogP contribution is 2.14. The molecule has 0 saturated carbocycles. The van der Waals surface area contributed by atoms with Crippen molar-refractivity contribution < 1.29 is 14.7 Å². The Labute approximate surface area is 89.7 Å². The number of carboxylic acids is 1. The van der Waals surface area contributed by atoms with E-state index in [2.05, 4.69) is 6.92 Å². The quantitative estimate of drug-likeness (QED) is 0.695. The first-order valence-electron chi connectivity index (χ1n) is 5.08. The molecule has 1 aliphatic heterocycles. The largest absolute Gasteiger partial charge is 0.481 e. The van der Waals surface area contributed by atoms with Gasteiger partial charge in [0.2, 0.25) is 5.91 Å². The highest BCUT2D eigenvalue weighted by molar-refractivity contribution is 5.86. The molecule has 86 valence electrons. The van der Waals surface area contributed by atoms with Crippen LogP contribution >= 0.6 is 0 Å². The van der Waals surface area contributed by atoms with E-state index in [-0.39, 0.29) is 12.3 Å². The summed E-state index contributed by atoms with van der Waals surface area (Å²) in [6.45, 7) is 3.51. The van der Waals surface area contributed by atoms with Crippen molar-refractivity contribution in [3.63, 3.8) is 0 Å². The molecule has 1 N–H and O–H groups in total. The lowest BCUT2D eigenvalue weighted by Gasteiger charge is -2.24.